The van der Waals surface area contributed by atoms with E-state index in [0.717, 1.165) is 12.8 Å². The van der Waals surface area contributed by atoms with E-state index in [4.69, 9.17) is 0 Å². The lowest BCUT2D eigenvalue weighted by molar-refractivity contribution is 0.952. The number of hydrogen-bond donors (Lipinski definition) is 1. The maximum Gasteiger partial charge on any atom is 0.0424 e. The van der Waals surface area contributed by atoms with Crippen LogP contribution >= 0.6 is 0 Å². The highest BCUT2D eigenvalue weighted by Gasteiger charge is 2.16. The van der Waals surface area contributed by atoms with Crippen molar-refractivity contribution in [2.24, 2.45) is 0 Å². The number of H-pyrrole nitrogens is 1. The lowest BCUT2D eigenvalue weighted by Gasteiger charge is -2.12. The molecule has 0 bridgehead atoms. The first kappa shape index (κ1) is 14.8. The molecule has 0 fully saturated rings. The molecule has 4 rings (SSSR count). The lowest BCUT2D eigenvalue weighted by Crippen LogP contribution is -1.98. The van der Waals surface area contributed by atoms with Crippen molar-refractivity contribution in [1.82, 2.24) is 4.98 Å². The van der Waals surface area contributed by atoms with E-state index in [9.17, 15) is 0 Å². The van der Waals surface area contributed by atoms with Gasteiger partial charge in [-0.2, -0.15) is 0 Å². The molecule has 0 saturated carbocycles. The first-order chi connectivity index (χ1) is 11.9. The first-order valence-electron chi connectivity index (χ1n) is 8.54. The van der Waals surface area contributed by atoms with E-state index in [-0.39, 0.29) is 5.92 Å². The molecular formula is C23H21N. The Bertz CT molecular complexity index is 828. The molecule has 0 spiro atoms. The fraction of sp³-hybridized carbons (Fsp3) is 0.130. The van der Waals surface area contributed by atoms with Crippen LogP contribution in [0.1, 0.15) is 34.0 Å². The number of aromatic amines is 1. The summed E-state index contributed by atoms with van der Waals surface area (Å²) >= 11 is 0. The average Bonchev–Trinajstić information content (AvgIpc) is 3.07. The van der Waals surface area contributed by atoms with Crippen LogP contribution in [0.5, 0.6) is 0 Å². The van der Waals surface area contributed by atoms with E-state index in [0.29, 0.717) is 0 Å². The van der Waals surface area contributed by atoms with Crippen LogP contribution in [-0.4, -0.2) is 4.98 Å². The van der Waals surface area contributed by atoms with Crippen LogP contribution in [0.25, 0.3) is 6.08 Å². The summed E-state index contributed by atoms with van der Waals surface area (Å²) in [6.45, 7) is 0. The Balaban J connectivity index is 1.71. The van der Waals surface area contributed by atoms with E-state index >= 15 is 0 Å². The second-order valence-electron chi connectivity index (χ2n) is 6.27. The molecule has 1 nitrogen and oxygen atoms in total. The number of rotatable bonds is 4. The molecule has 2 aromatic carbocycles. The Morgan fingerprint density at radius 1 is 0.833 bits per heavy atom. The third kappa shape index (κ3) is 3.11. The minimum atomic E-state index is 0.247. The zero-order valence-corrected chi connectivity index (χ0v) is 13.7. The highest BCUT2D eigenvalue weighted by atomic mass is 14.7. The van der Waals surface area contributed by atoms with Gasteiger partial charge in [0, 0.05) is 23.7 Å². The lowest BCUT2D eigenvalue weighted by atomic mass is 9.94. The normalized spacial score (nSPS) is 14.7. The summed E-state index contributed by atoms with van der Waals surface area (Å²) < 4.78 is 0. The summed E-state index contributed by atoms with van der Waals surface area (Å²) in [4.78, 5) is 3.67. The largest absolute Gasteiger partial charge is 0.361 e. The smallest absolute Gasteiger partial charge is 0.0424 e. The van der Waals surface area contributed by atoms with E-state index < -0.39 is 0 Å². The maximum atomic E-state index is 3.67. The minimum Gasteiger partial charge on any atom is -0.361 e. The van der Waals surface area contributed by atoms with Gasteiger partial charge in [0.15, 0.2) is 0 Å². The van der Waals surface area contributed by atoms with E-state index in [1.54, 1.807) is 0 Å². The van der Waals surface area contributed by atoms with Gasteiger partial charge in [0.2, 0.25) is 0 Å². The Hall–Kier alpha value is -2.80. The van der Waals surface area contributed by atoms with Crippen LogP contribution in [0, 0.1) is 0 Å². The molecule has 118 valence electrons. The first-order valence-corrected chi connectivity index (χ1v) is 8.54. The third-order valence-electron chi connectivity index (χ3n) is 4.61. The zero-order valence-electron chi connectivity index (χ0n) is 13.7. The van der Waals surface area contributed by atoms with Gasteiger partial charge >= 0.3 is 0 Å². The van der Waals surface area contributed by atoms with Gasteiger partial charge in [-0.3, -0.25) is 0 Å². The summed E-state index contributed by atoms with van der Waals surface area (Å²) in [5.74, 6) is 0.247. The van der Waals surface area contributed by atoms with Gasteiger partial charge in [0.05, 0.1) is 0 Å². The molecular weight excluding hydrogens is 290 g/mol. The second-order valence-corrected chi connectivity index (χ2v) is 6.27. The molecule has 0 saturated heterocycles. The van der Waals surface area contributed by atoms with Crippen molar-refractivity contribution in [3.05, 3.63) is 113 Å². The van der Waals surface area contributed by atoms with Crippen molar-refractivity contribution in [3.63, 3.8) is 0 Å². The summed E-state index contributed by atoms with van der Waals surface area (Å²) in [5.41, 5.74) is 6.62. The average molecular weight is 311 g/mol. The number of nitrogens with one attached hydrogen (secondary N) is 1. The van der Waals surface area contributed by atoms with Crippen LogP contribution in [0.3, 0.4) is 0 Å². The fourth-order valence-corrected chi connectivity index (χ4v) is 3.33. The molecule has 1 aliphatic carbocycles. The van der Waals surface area contributed by atoms with Crippen molar-refractivity contribution in [3.8, 4) is 0 Å². The van der Waals surface area contributed by atoms with Gasteiger partial charge in [0.25, 0.3) is 0 Å². The number of aromatic nitrogens is 1. The van der Waals surface area contributed by atoms with Gasteiger partial charge in [-0.15, -0.1) is 0 Å². The van der Waals surface area contributed by atoms with Gasteiger partial charge in [-0.25, -0.2) is 0 Å². The molecule has 24 heavy (non-hydrogen) atoms. The predicted molar refractivity (Wildman–Crippen MR) is 101 cm³/mol. The van der Waals surface area contributed by atoms with Crippen molar-refractivity contribution in [1.29, 1.82) is 0 Å². The van der Waals surface area contributed by atoms with Crippen LogP contribution in [0.15, 0.2) is 85.0 Å². The topological polar surface area (TPSA) is 15.8 Å². The Labute approximate surface area is 143 Å². The molecule has 1 aromatic heterocycles. The highest BCUT2D eigenvalue weighted by molar-refractivity contribution is 5.53. The predicted octanol–water partition coefficient (Wildman–Crippen LogP) is 5.51. The molecule has 0 radical (unpaired) electrons. The Kier molecular flexibility index (Phi) is 4.16. The minimum absolute atomic E-state index is 0.247. The highest BCUT2D eigenvalue weighted by Crippen LogP contribution is 2.29. The summed E-state index contributed by atoms with van der Waals surface area (Å²) in [7, 11) is 0. The van der Waals surface area contributed by atoms with Crippen molar-refractivity contribution >= 4 is 6.08 Å². The molecule has 1 heteroatoms. The van der Waals surface area contributed by atoms with Gasteiger partial charge in [-0.05, 0) is 29.2 Å². The van der Waals surface area contributed by atoms with Gasteiger partial charge in [-0.1, -0.05) is 85.0 Å². The summed E-state index contributed by atoms with van der Waals surface area (Å²) in [6, 6.07) is 23.5. The summed E-state index contributed by atoms with van der Waals surface area (Å²) in [5, 5.41) is 0. The van der Waals surface area contributed by atoms with E-state index in [1.165, 1.54) is 28.1 Å². The van der Waals surface area contributed by atoms with Crippen molar-refractivity contribution < 1.29 is 0 Å². The van der Waals surface area contributed by atoms with Gasteiger partial charge < -0.3 is 4.98 Å². The third-order valence-corrected chi connectivity index (χ3v) is 4.61. The molecule has 3 aromatic rings. The van der Waals surface area contributed by atoms with Crippen LogP contribution in [0.4, 0.5) is 0 Å². The Morgan fingerprint density at radius 2 is 1.54 bits per heavy atom. The molecule has 1 unspecified atom stereocenters. The monoisotopic (exact) mass is 311 g/mol. The van der Waals surface area contributed by atoms with Crippen LogP contribution in [0.2, 0.25) is 0 Å². The van der Waals surface area contributed by atoms with E-state index in [1.807, 2.05) is 0 Å². The summed E-state index contributed by atoms with van der Waals surface area (Å²) in [6.07, 6.45) is 11.1. The zero-order chi connectivity index (χ0) is 16.2. The molecule has 1 atom stereocenters. The number of benzene rings is 2. The van der Waals surface area contributed by atoms with Crippen molar-refractivity contribution in [2.45, 2.75) is 18.8 Å². The van der Waals surface area contributed by atoms with Crippen LogP contribution < -0.4 is 0 Å². The SMILES string of the molecule is C1=CCc2[nH]c(C(/C=C/c3ccccc3)c3ccccc3)cc2C1. The Morgan fingerprint density at radius 3 is 2.29 bits per heavy atom. The molecule has 1 heterocycles. The number of allylic oxidation sites excluding steroid dienone is 3. The molecule has 1 aliphatic rings. The van der Waals surface area contributed by atoms with Crippen molar-refractivity contribution in [2.75, 3.05) is 0 Å². The van der Waals surface area contributed by atoms with E-state index in [2.05, 4.69) is 96.0 Å². The fourth-order valence-electron chi connectivity index (χ4n) is 3.33. The van der Waals surface area contributed by atoms with Crippen LogP contribution in [-0.2, 0) is 12.8 Å². The molecule has 0 amide bonds. The maximum absolute atomic E-state index is 3.67. The number of fused-ring (bicyclic) bond motifs is 1. The molecule has 0 aliphatic heterocycles. The molecule has 1 N–H and O–H groups in total. The van der Waals surface area contributed by atoms with Gasteiger partial charge in [0.1, 0.15) is 0 Å². The number of hydrogen-bond acceptors (Lipinski definition) is 0. The quantitative estimate of drug-likeness (QED) is 0.611. The standard InChI is InChI=1S/C23H21N/c1-3-9-18(10-4-1)15-16-21(19-11-5-2-6-12-19)23-17-20-13-7-8-14-22(20)24-23/h1-12,15-17,21,24H,13-14H2/b16-15+. The second kappa shape index (κ2) is 6.76.